The van der Waals surface area contributed by atoms with Crippen LogP contribution < -0.4 is 16.0 Å². The highest BCUT2D eigenvalue weighted by Crippen LogP contribution is 2.36. The Bertz CT molecular complexity index is 919. The van der Waals surface area contributed by atoms with Crippen LogP contribution in [-0.2, 0) is 7.05 Å². The molecule has 1 aromatic heterocycles. The molecule has 0 aliphatic rings. The summed E-state index contributed by atoms with van der Waals surface area (Å²) in [6.45, 7) is 0. The lowest BCUT2D eigenvalue weighted by Crippen LogP contribution is -2.14. The molecule has 0 unspecified atom stereocenters. The summed E-state index contributed by atoms with van der Waals surface area (Å²) in [5, 5.41) is 0.524. The van der Waals surface area contributed by atoms with E-state index in [9.17, 15) is 4.79 Å². The highest BCUT2D eigenvalue weighted by molar-refractivity contribution is 6.32. The zero-order chi connectivity index (χ0) is 16.4. The molecule has 0 atom stereocenters. The van der Waals surface area contributed by atoms with Crippen LogP contribution in [0.15, 0.2) is 65.6 Å². The topological polar surface area (TPSA) is 57.2 Å². The average molecular weight is 327 g/mol. The van der Waals surface area contributed by atoms with E-state index in [2.05, 4.69) is 0 Å². The van der Waals surface area contributed by atoms with Crippen molar-refractivity contribution < 1.29 is 4.74 Å². The highest BCUT2D eigenvalue weighted by atomic mass is 35.5. The number of hydrogen-bond donors (Lipinski definition) is 1. The number of benzene rings is 2. The molecule has 23 heavy (non-hydrogen) atoms. The molecular weight excluding hydrogens is 312 g/mol. The summed E-state index contributed by atoms with van der Waals surface area (Å²) in [6.07, 6.45) is 1.75. The number of nitrogens with zero attached hydrogens (tertiary/aromatic N) is 1. The van der Waals surface area contributed by atoms with Crippen molar-refractivity contribution in [2.75, 3.05) is 5.73 Å². The molecule has 0 amide bonds. The van der Waals surface area contributed by atoms with Crippen LogP contribution in [0.4, 0.5) is 5.69 Å². The summed E-state index contributed by atoms with van der Waals surface area (Å²) in [7, 11) is 1.70. The van der Waals surface area contributed by atoms with E-state index in [0.717, 1.165) is 11.1 Å². The Morgan fingerprint density at radius 3 is 2.57 bits per heavy atom. The van der Waals surface area contributed by atoms with Crippen molar-refractivity contribution in [3.05, 3.63) is 76.2 Å². The Morgan fingerprint density at radius 1 is 1.04 bits per heavy atom. The van der Waals surface area contributed by atoms with E-state index >= 15 is 0 Å². The van der Waals surface area contributed by atoms with Crippen molar-refractivity contribution in [2.24, 2.45) is 7.05 Å². The number of aromatic nitrogens is 1. The van der Waals surface area contributed by atoms with Gasteiger partial charge in [0.1, 0.15) is 11.5 Å². The number of nitrogen functional groups attached to an aromatic ring is 1. The van der Waals surface area contributed by atoms with Crippen LogP contribution in [0, 0.1) is 0 Å². The fourth-order valence-corrected chi connectivity index (χ4v) is 2.44. The van der Waals surface area contributed by atoms with E-state index in [4.69, 9.17) is 22.1 Å². The first-order valence-electron chi connectivity index (χ1n) is 7.03. The van der Waals surface area contributed by atoms with Gasteiger partial charge in [0, 0.05) is 36.1 Å². The molecule has 0 bridgehead atoms. The third-order valence-electron chi connectivity index (χ3n) is 3.46. The van der Waals surface area contributed by atoms with Crippen molar-refractivity contribution in [1.29, 1.82) is 0 Å². The van der Waals surface area contributed by atoms with Crippen molar-refractivity contribution >= 4 is 17.3 Å². The molecule has 0 saturated heterocycles. The summed E-state index contributed by atoms with van der Waals surface area (Å²) < 4.78 is 7.46. The first kappa shape index (κ1) is 15.2. The van der Waals surface area contributed by atoms with Crippen LogP contribution >= 0.6 is 11.6 Å². The number of para-hydroxylation sites is 1. The van der Waals surface area contributed by atoms with Crippen LogP contribution in [-0.4, -0.2) is 4.57 Å². The lowest BCUT2D eigenvalue weighted by atomic mass is 10.1. The van der Waals surface area contributed by atoms with Gasteiger partial charge in [0.2, 0.25) is 5.56 Å². The minimum absolute atomic E-state index is 0.0776. The minimum atomic E-state index is -0.0776. The first-order chi connectivity index (χ1) is 11.0. The van der Waals surface area contributed by atoms with Crippen LogP contribution in [0.5, 0.6) is 11.5 Å². The zero-order valence-corrected chi connectivity index (χ0v) is 13.2. The van der Waals surface area contributed by atoms with E-state index in [0.29, 0.717) is 22.2 Å². The van der Waals surface area contributed by atoms with Crippen molar-refractivity contribution in [3.63, 3.8) is 0 Å². The van der Waals surface area contributed by atoms with Crippen LogP contribution in [0.3, 0.4) is 0 Å². The molecule has 0 fully saturated rings. The fourth-order valence-electron chi connectivity index (χ4n) is 2.26. The molecule has 4 nitrogen and oxygen atoms in total. The second-order valence-corrected chi connectivity index (χ2v) is 5.56. The number of pyridine rings is 1. The normalized spacial score (nSPS) is 10.5. The Kier molecular flexibility index (Phi) is 4.08. The van der Waals surface area contributed by atoms with E-state index < -0.39 is 0 Å². The molecule has 3 aromatic rings. The highest BCUT2D eigenvalue weighted by Gasteiger charge is 2.11. The molecule has 0 radical (unpaired) electrons. The van der Waals surface area contributed by atoms with Gasteiger partial charge in [-0.05, 0) is 36.4 Å². The van der Waals surface area contributed by atoms with Crippen LogP contribution in [0.25, 0.3) is 11.1 Å². The maximum atomic E-state index is 11.6. The van der Waals surface area contributed by atoms with Gasteiger partial charge in [0.15, 0.2) is 0 Å². The van der Waals surface area contributed by atoms with Crippen molar-refractivity contribution in [2.45, 2.75) is 0 Å². The summed E-state index contributed by atoms with van der Waals surface area (Å²) in [4.78, 5) is 11.6. The number of hydrogen-bond acceptors (Lipinski definition) is 3. The number of nitrogens with two attached hydrogens (primary N) is 1. The standard InChI is InChI=1S/C18H15ClN2O2/c1-21-11-12(6-9-18(21)22)14-10-13(20)7-8-16(14)23-17-5-3-2-4-15(17)19/h2-11H,20H2,1H3. The maximum Gasteiger partial charge on any atom is 0.250 e. The lowest BCUT2D eigenvalue weighted by molar-refractivity contribution is 0.485. The third-order valence-corrected chi connectivity index (χ3v) is 3.77. The maximum absolute atomic E-state index is 11.6. The average Bonchev–Trinajstić information content (AvgIpc) is 2.54. The summed E-state index contributed by atoms with van der Waals surface area (Å²) in [5.74, 6) is 1.18. The lowest BCUT2D eigenvalue weighted by Gasteiger charge is -2.13. The molecule has 1 heterocycles. The fraction of sp³-hybridized carbons (Fsp3) is 0.0556. The van der Waals surface area contributed by atoms with Gasteiger partial charge in [-0.1, -0.05) is 23.7 Å². The Labute approximate surface area is 138 Å². The van der Waals surface area contributed by atoms with E-state index in [1.165, 1.54) is 10.6 Å². The van der Waals surface area contributed by atoms with Gasteiger partial charge in [-0.2, -0.15) is 0 Å². The third kappa shape index (κ3) is 3.22. The molecule has 0 aliphatic heterocycles. The minimum Gasteiger partial charge on any atom is -0.455 e. The van der Waals surface area contributed by atoms with Gasteiger partial charge in [-0.25, -0.2) is 0 Å². The number of halogens is 1. The van der Waals surface area contributed by atoms with Gasteiger partial charge in [0.25, 0.3) is 0 Å². The van der Waals surface area contributed by atoms with Crippen LogP contribution in [0.2, 0.25) is 5.02 Å². The number of anilines is 1. The second kappa shape index (κ2) is 6.18. The smallest absolute Gasteiger partial charge is 0.250 e. The number of ether oxygens (including phenoxy) is 1. The molecule has 3 rings (SSSR count). The Hall–Kier alpha value is -2.72. The summed E-state index contributed by atoms with van der Waals surface area (Å²) >= 11 is 6.15. The van der Waals surface area contributed by atoms with Crippen molar-refractivity contribution in [3.8, 4) is 22.6 Å². The monoisotopic (exact) mass is 326 g/mol. The van der Waals surface area contributed by atoms with Crippen LogP contribution in [0.1, 0.15) is 0 Å². The molecule has 2 N–H and O–H groups in total. The number of aryl methyl sites for hydroxylation is 1. The molecule has 5 heteroatoms. The van der Waals surface area contributed by atoms with E-state index in [1.54, 1.807) is 43.6 Å². The molecule has 0 saturated carbocycles. The van der Waals surface area contributed by atoms with Gasteiger partial charge in [-0.15, -0.1) is 0 Å². The zero-order valence-electron chi connectivity index (χ0n) is 12.5. The van der Waals surface area contributed by atoms with Gasteiger partial charge >= 0.3 is 0 Å². The molecule has 116 valence electrons. The van der Waals surface area contributed by atoms with Gasteiger partial charge in [0.05, 0.1) is 5.02 Å². The predicted molar refractivity (Wildman–Crippen MR) is 93.1 cm³/mol. The SMILES string of the molecule is Cn1cc(-c2cc(N)ccc2Oc2ccccc2Cl)ccc1=O. The quantitative estimate of drug-likeness (QED) is 0.738. The Morgan fingerprint density at radius 2 is 1.83 bits per heavy atom. The number of rotatable bonds is 3. The van der Waals surface area contributed by atoms with E-state index in [1.807, 2.05) is 18.2 Å². The van der Waals surface area contributed by atoms with Gasteiger partial charge < -0.3 is 15.0 Å². The van der Waals surface area contributed by atoms with Gasteiger partial charge in [-0.3, -0.25) is 4.79 Å². The first-order valence-corrected chi connectivity index (χ1v) is 7.41. The molecule has 0 aliphatic carbocycles. The second-order valence-electron chi connectivity index (χ2n) is 5.15. The molecular formula is C18H15ClN2O2. The molecule has 0 spiro atoms. The van der Waals surface area contributed by atoms with E-state index in [-0.39, 0.29) is 5.56 Å². The molecule has 2 aromatic carbocycles. The predicted octanol–water partition coefficient (Wildman–Crippen LogP) is 4.08. The summed E-state index contributed by atoms with van der Waals surface area (Å²) in [5.41, 5.74) is 8.07. The largest absolute Gasteiger partial charge is 0.455 e. The Balaban J connectivity index is 2.09. The van der Waals surface area contributed by atoms with Crippen molar-refractivity contribution in [1.82, 2.24) is 4.57 Å². The summed E-state index contributed by atoms with van der Waals surface area (Å²) in [6, 6.07) is 15.9.